The van der Waals surface area contributed by atoms with Crippen molar-refractivity contribution in [3.63, 3.8) is 0 Å². The van der Waals surface area contributed by atoms with Crippen LogP contribution in [0.3, 0.4) is 0 Å². The lowest BCUT2D eigenvalue weighted by atomic mass is 10.2. The minimum absolute atomic E-state index is 0.720. The van der Waals surface area contributed by atoms with Gasteiger partial charge in [-0.3, -0.25) is 0 Å². The number of hydrogen-bond donors (Lipinski definition) is 2. The van der Waals surface area contributed by atoms with Gasteiger partial charge in [-0.15, -0.1) is 0 Å². The molecular weight excluding hydrogens is 213 g/mol. The van der Waals surface area contributed by atoms with E-state index in [0.717, 1.165) is 0 Å². The first kappa shape index (κ1) is 14.0. The summed E-state index contributed by atoms with van der Waals surface area (Å²) in [6, 6.07) is -2.08. The van der Waals surface area contributed by atoms with Crippen LogP contribution < -0.4 is 11.1 Å². The van der Waals surface area contributed by atoms with Crippen molar-refractivity contribution in [2.24, 2.45) is 5.73 Å². The topological polar surface area (TPSA) is 64.3 Å². The Morgan fingerprint density at radius 1 is 1.40 bits per heavy atom. The van der Waals surface area contributed by atoms with Crippen molar-refractivity contribution in [3.8, 4) is 0 Å². The van der Waals surface area contributed by atoms with Crippen LogP contribution in [-0.2, 0) is 4.74 Å². The zero-order chi connectivity index (χ0) is 12.3. The van der Waals surface area contributed by atoms with E-state index in [1.807, 2.05) is 0 Å². The van der Waals surface area contributed by atoms with Gasteiger partial charge in [-0.2, -0.15) is 13.2 Å². The highest BCUT2D eigenvalue weighted by Crippen LogP contribution is 2.19. The molecule has 0 heterocycles. The number of carbonyl (C=O) groups excluding carboxylic acids is 1. The molecule has 0 aromatic carbocycles. The van der Waals surface area contributed by atoms with Crippen molar-refractivity contribution >= 4 is 6.09 Å². The summed E-state index contributed by atoms with van der Waals surface area (Å²) in [5, 5.41) is 1.65. The van der Waals surface area contributed by atoms with Crippen LogP contribution in [0, 0.1) is 0 Å². The first-order valence-corrected chi connectivity index (χ1v) is 4.32. The van der Waals surface area contributed by atoms with E-state index in [2.05, 4.69) is 4.74 Å². The van der Waals surface area contributed by atoms with Gasteiger partial charge in [0.1, 0.15) is 11.6 Å². The van der Waals surface area contributed by atoms with Gasteiger partial charge >= 0.3 is 12.3 Å². The number of nitrogens with two attached hydrogens (primary N) is 1. The molecule has 15 heavy (non-hydrogen) atoms. The lowest BCUT2D eigenvalue weighted by Crippen LogP contribution is -2.51. The van der Waals surface area contributed by atoms with E-state index in [1.165, 1.54) is 0 Å². The molecule has 0 aromatic heterocycles. The lowest BCUT2D eigenvalue weighted by molar-refractivity contribution is -0.152. The predicted molar refractivity (Wildman–Crippen MR) is 48.3 cm³/mol. The highest BCUT2D eigenvalue weighted by Gasteiger charge is 2.40. The van der Waals surface area contributed by atoms with Crippen molar-refractivity contribution in [1.29, 1.82) is 0 Å². The van der Waals surface area contributed by atoms with Gasteiger partial charge in [-0.25, -0.2) is 4.79 Å². The van der Waals surface area contributed by atoms with E-state index in [-0.39, 0.29) is 0 Å². The second-order valence-corrected chi connectivity index (χ2v) is 3.98. The van der Waals surface area contributed by atoms with Crippen molar-refractivity contribution in [3.05, 3.63) is 0 Å². The maximum Gasteiger partial charge on any atom is 0.409 e. The molecule has 4 nitrogen and oxygen atoms in total. The maximum absolute atomic E-state index is 12.2. The molecule has 0 aromatic rings. The zero-order valence-corrected chi connectivity index (χ0v) is 8.81. The lowest BCUT2D eigenvalue weighted by Gasteiger charge is -2.24. The quantitative estimate of drug-likeness (QED) is 0.750. The summed E-state index contributed by atoms with van der Waals surface area (Å²) in [5.74, 6) is 0. The van der Waals surface area contributed by atoms with Gasteiger partial charge in [0, 0.05) is 6.54 Å². The van der Waals surface area contributed by atoms with Gasteiger partial charge in [0.2, 0.25) is 0 Å². The SMILES string of the molecule is CC(C)(C)OC(=O)NC(CN)C(F)(F)F. The molecule has 0 spiro atoms. The third-order valence-corrected chi connectivity index (χ3v) is 1.32. The molecule has 3 N–H and O–H groups in total. The largest absolute Gasteiger partial charge is 0.444 e. The number of halogens is 3. The van der Waals surface area contributed by atoms with Crippen molar-refractivity contribution < 1.29 is 22.7 Å². The molecule has 0 saturated carbocycles. The molecule has 0 aliphatic heterocycles. The monoisotopic (exact) mass is 228 g/mol. The molecule has 0 aliphatic carbocycles. The Labute approximate surface area is 86.0 Å². The predicted octanol–water partition coefficient (Wildman–Crippen LogP) is 1.40. The van der Waals surface area contributed by atoms with Crippen LogP contribution in [0.5, 0.6) is 0 Å². The number of alkyl carbamates (subject to hydrolysis) is 1. The van der Waals surface area contributed by atoms with Crippen LogP contribution in [0.2, 0.25) is 0 Å². The Morgan fingerprint density at radius 3 is 2.13 bits per heavy atom. The summed E-state index contributed by atoms with van der Waals surface area (Å²) >= 11 is 0. The molecule has 0 rings (SSSR count). The Bertz CT molecular complexity index is 223. The first-order chi connectivity index (χ1) is 6.56. The zero-order valence-electron chi connectivity index (χ0n) is 8.81. The van der Waals surface area contributed by atoms with Crippen molar-refractivity contribution in [1.82, 2.24) is 5.32 Å². The minimum Gasteiger partial charge on any atom is -0.444 e. The molecule has 0 radical (unpaired) electrons. The minimum atomic E-state index is -4.56. The van der Waals surface area contributed by atoms with Crippen LogP contribution in [0.15, 0.2) is 0 Å². The summed E-state index contributed by atoms with van der Waals surface area (Å²) in [7, 11) is 0. The molecule has 1 amide bonds. The van der Waals surface area contributed by atoms with Gasteiger partial charge < -0.3 is 15.8 Å². The summed E-state index contributed by atoms with van der Waals surface area (Å²) in [4.78, 5) is 11.0. The molecule has 0 aliphatic rings. The third kappa shape index (κ3) is 6.16. The number of alkyl halides is 3. The highest BCUT2D eigenvalue weighted by atomic mass is 19.4. The second-order valence-electron chi connectivity index (χ2n) is 3.98. The van der Waals surface area contributed by atoms with Gasteiger partial charge in [-0.1, -0.05) is 0 Å². The third-order valence-electron chi connectivity index (χ3n) is 1.32. The molecule has 90 valence electrons. The van der Waals surface area contributed by atoms with Gasteiger partial charge in [0.25, 0.3) is 0 Å². The van der Waals surface area contributed by atoms with E-state index in [0.29, 0.717) is 0 Å². The van der Waals surface area contributed by atoms with Gasteiger partial charge in [-0.05, 0) is 20.8 Å². The number of rotatable bonds is 2. The van der Waals surface area contributed by atoms with E-state index < -0.39 is 30.5 Å². The van der Waals surface area contributed by atoms with Gasteiger partial charge in [0.15, 0.2) is 0 Å². The standard InChI is InChI=1S/C8H15F3N2O2/c1-7(2,3)15-6(14)13-5(4-12)8(9,10)11/h5H,4,12H2,1-3H3,(H,13,14). The van der Waals surface area contributed by atoms with Crippen LogP contribution >= 0.6 is 0 Å². The molecule has 1 unspecified atom stereocenters. The smallest absolute Gasteiger partial charge is 0.409 e. The van der Waals surface area contributed by atoms with Crippen LogP contribution in [0.4, 0.5) is 18.0 Å². The summed E-state index contributed by atoms with van der Waals surface area (Å²) in [6.07, 6.45) is -5.69. The molecule has 7 heteroatoms. The van der Waals surface area contributed by atoms with E-state index >= 15 is 0 Å². The highest BCUT2D eigenvalue weighted by molar-refractivity contribution is 5.68. The van der Waals surface area contributed by atoms with Crippen molar-refractivity contribution in [2.75, 3.05) is 6.54 Å². The average molecular weight is 228 g/mol. The Morgan fingerprint density at radius 2 is 1.87 bits per heavy atom. The van der Waals surface area contributed by atoms with E-state index in [9.17, 15) is 18.0 Å². The number of amides is 1. The number of carbonyl (C=O) groups is 1. The Hall–Kier alpha value is -0.980. The molecular formula is C8H15F3N2O2. The fourth-order valence-electron chi connectivity index (χ4n) is 0.724. The van der Waals surface area contributed by atoms with Crippen LogP contribution in [-0.4, -0.2) is 30.5 Å². The number of nitrogens with one attached hydrogen (secondary N) is 1. The second kappa shape index (κ2) is 4.69. The fraction of sp³-hybridized carbons (Fsp3) is 0.875. The first-order valence-electron chi connectivity index (χ1n) is 4.32. The number of ether oxygens (including phenoxy) is 1. The van der Waals surface area contributed by atoms with E-state index in [4.69, 9.17) is 5.73 Å². The normalized spacial score (nSPS) is 14.6. The summed E-state index contributed by atoms with van der Waals surface area (Å²) < 4.78 is 41.1. The van der Waals surface area contributed by atoms with Crippen molar-refractivity contribution in [2.45, 2.75) is 38.6 Å². The summed E-state index contributed by atoms with van der Waals surface area (Å²) in [6.45, 7) is 3.94. The Kier molecular flexibility index (Phi) is 4.39. The average Bonchev–Trinajstić information content (AvgIpc) is 1.94. The van der Waals surface area contributed by atoms with Crippen LogP contribution in [0.1, 0.15) is 20.8 Å². The van der Waals surface area contributed by atoms with E-state index in [1.54, 1.807) is 26.1 Å². The summed E-state index contributed by atoms with van der Waals surface area (Å²) in [5.41, 5.74) is 4.04. The Balaban J connectivity index is 4.27. The maximum atomic E-state index is 12.2. The molecule has 1 atom stereocenters. The molecule has 0 bridgehead atoms. The number of hydrogen-bond acceptors (Lipinski definition) is 3. The molecule has 0 fully saturated rings. The fourth-order valence-corrected chi connectivity index (χ4v) is 0.724. The molecule has 0 saturated heterocycles. The van der Waals surface area contributed by atoms with Gasteiger partial charge in [0.05, 0.1) is 0 Å². The van der Waals surface area contributed by atoms with Crippen LogP contribution in [0.25, 0.3) is 0 Å².